The first-order chi connectivity index (χ1) is 7.75. The summed E-state index contributed by atoms with van der Waals surface area (Å²) in [5.74, 6) is -0.186. The molecule has 1 unspecified atom stereocenters. The van der Waals surface area contributed by atoms with Crippen molar-refractivity contribution in [1.29, 1.82) is 0 Å². The average Bonchev–Trinajstić information content (AvgIpc) is 2.33. The predicted octanol–water partition coefficient (Wildman–Crippen LogP) is 4.50. The maximum Gasteiger partial charge on any atom is 0.123 e. The number of rotatable bonds is 3. The van der Waals surface area contributed by atoms with E-state index in [1.165, 1.54) is 17.7 Å². The van der Waals surface area contributed by atoms with E-state index in [4.69, 9.17) is 0 Å². The Balaban J connectivity index is 2.08. The number of halogens is 2. The van der Waals surface area contributed by atoms with Crippen LogP contribution in [0.15, 0.2) is 54.6 Å². The molecule has 0 aliphatic rings. The summed E-state index contributed by atoms with van der Waals surface area (Å²) in [5.41, 5.74) is 2.37. The van der Waals surface area contributed by atoms with Gasteiger partial charge >= 0.3 is 0 Å². The summed E-state index contributed by atoms with van der Waals surface area (Å²) >= 11 is 3.65. The Morgan fingerprint density at radius 2 is 1.56 bits per heavy atom. The van der Waals surface area contributed by atoms with Crippen LogP contribution in [-0.2, 0) is 6.42 Å². The molecule has 0 saturated carbocycles. The van der Waals surface area contributed by atoms with Crippen LogP contribution in [0.3, 0.4) is 0 Å². The molecule has 0 heterocycles. The van der Waals surface area contributed by atoms with E-state index in [0.717, 1.165) is 12.0 Å². The lowest BCUT2D eigenvalue weighted by molar-refractivity contribution is 0.627. The first kappa shape index (κ1) is 11.3. The van der Waals surface area contributed by atoms with Crippen molar-refractivity contribution < 1.29 is 4.39 Å². The molecule has 0 aliphatic carbocycles. The fourth-order valence-corrected chi connectivity index (χ4v) is 2.29. The van der Waals surface area contributed by atoms with Gasteiger partial charge in [0.05, 0.1) is 0 Å². The van der Waals surface area contributed by atoms with Crippen molar-refractivity contribution in [2.24, 2.45) is 0 Å². The SMILES string of the molecule is Fc1ccc(CC(Br)c2ccccc2)cc1. The highest BCUT2D eigenvalue weighted by molar-refractivity contribution is 9.09. The second-order valence-electron chi connectivity index (χ2n) is 3.71. The molecule has 0 bridgehead atoms. The van der Waals surface area contributed by atoms with Crippen molar-refractivity contribution in [3.63, 3.8) is 0 Å². The first-order valence-electron chi connectivity index (χ1n) is 5.19. The summed E-state index contributed by atoms with van der Waals surface area (Å²) in [6.45, 7) is 0. The molecule has 2 heteroatoms. The quantitative estimate of drug-likeness (QED) is 0.725. The average molecular weight is 279 g/mol. The molecule has 0 radical (unpaired) electrons. The zero-order chi connectivity index (χ0) is 11.4. The van der Waals surface area contributed by atoms with Crippen LogP contribution < -0.4 is 0 Å². The Morgan fingerprint density at radius 3 is 2.19 bits per heavy atom. The van der Waals surface area contributed by atoms with Gasteiger partial charge in [0.15, 0.2) is 0 Å². The highest BCUT2D eigenvalue weighted by Gasteiger charge is 2.07. The van der Waals surface area contributed by atoms with Crippen LogP contribution in [0.4, 0.5) is 4.39 Å². The Morgan fingerprint density at radius 1 is 0.938 bits per heavy atom. The first-order valence-corrected chi connectivity index (χ1v) is 6.11. The lowest BCUT2D eigenvalue weighted by atomic mass is 10.0. The molecule has 2 aromatic rings. The van der Waals surface area contributed by atoms with Gasteiger partial charge in [-0.3, -0.25) is 0 Å². The molecule has 0 fully saturated rings. The molecule has 0 aliphatic heterocycles. The summed E-state index contributed by atoms with van der Waals surface area (Å²) in [5, 5.41) is 0. The van der Waals surface area contributed by atoms with E-state index in [9.17, 15) is 4.39 Å². The Bertz CT molecular complexity index is 436. The number of hydrogen-bond acceptors (Lipinski definition) is 0. The predicted molar refractivity (Wildman–Crippen MR) is 68.2 cm³/mol. The molecule has 82 valence electrons. The van der Waals surface area contributed by atoms with Crippen LogP contribution in [0.5, 0.6) is 0 Å². The summed E-state index contributed by atoms with van der Waals surface area (Å²) in [6, 6.07) is 16.9. The normalized spacial score (nSPS) is 12.4. The molecule has 0 N–H and O–H groups in total. The molecule has 2 aromatic carbocycles. The topological polar surface area (TPSA) is 0 Å². The summed E-state index contributed by atoms with van der Waals surface area (Å²) in [4.78, 5) is 0.277. The molecular weight excluding hydrogens is 267 g/mol. The van der Waals surface area contributed by atoms with Gasteiger partial charge in [0, 0.05) is 4.83 Å². The van der Waals surface area contributed by atoms with E-state index in [1.807, 2.05) is 30.3 Å². The molecule has 0 nitrogen and oxygen atoms in total. The third-order valence-corrected chi connectivity index (χ3v) is 3.34. The number of hydrogen-bond donors (Lipinski definition) is 0. The van der Waals surface area contributed by atoms with Crippen LogP contribution in [-0.4, -0.2) is 0 Å². The minimum atomic E-state index is -0.186. The van der Waals surface area contributed by atoms with Gasteiger partial charge in [-0.05, 0) is 29.7 Å². The lowest BCUT2D eigenvalue weighted by Gasteiger charge is -2.09. The van der Waals surface area contributed by atoms with E-state index < -0.39 is 0 Å². The second kappa shape index (κ2) is 5.26. The van der Waals surface area contributed by atoms with Crippen molar-refractivity contribution in [1.82, 2.24) is 0 Å². The maximum atomic E-state index is 12.7. The standard InChI is InChI=1S/C14H12BrF/c15-14(12-4-2-1-3-5-12)10-11-6-8-13(16)9-7-11/h1-9,14H,10H2. The van der Waals surface area contributed by atoms with E-state index in [-0.39, 0.29) is 10.6 Å². The third kappa shape index (κ3) is 2.92. The molecular formula is C14H12BrF. The van der Waals surface area contributed by atoms with Crippen LogP contribution in [0, 0.1) is 5.82 Å². The minimum Gasteiger partial charge on any atom is -0.207 e. The van der Waals surface area contributed by atoms with Gasteiger partial charge in [-0.2, -0.15) is 0 Å². The van der Waals surface area contributed by atoms with Gasteiger partial charge in [0.2, 0.25) is 0 Å². The Labute approximate surface area is 103 Å². The van der Waals surface area contributed by atoms with Gasteiger partial charge < -0.3 is 0 Å². The van der Waals surface area contributed by atoms with Crippen molar-refractivity contribution >= 4 is 15.9 Å². The van der Waals surface area contributed by atoms with Crippen LogP contribution in [0.2, 0.25) is 0 Å². The fourth-order valence-electron chi connectivity index (χ4n) is 1.61. The lowest BCUT2D eigenvalue weighted by Crippen LogP contribution is -1.95. The zero-order valence-corrected chi connectivity index (χ0v) is 10.3. The Kier molecular flexibility index (Phi) is 3.73. The monoisotopic (exact) mass is 278 g/mol. The van der Waals surface area contributed by atoms with Gasteiger partial charge in [-0.25, -0.2) is 4.39 Å². The number of benzene rings is 2. The molecule has 0 saturated heterocycles. The van der Waals surface area contributed by atoms with Crippen molar-refractivity contribution in [2.75, 3.05) is 0 Å². The summed E-state index contributed by atoms with van der Waals surface area (Å²) in [7, 11) is 0. The fraction of sp³-hybridized carbons (Fsp3) is 0.143. The van der Waals surface area contributed by atoms with E-state index in [1.54, 1.807) is 0 Å². The van der Waals surface area contributed by atoms with E-state index in [0.29, 0.717) is 0 Å². The molecule has 2 rings (SSSR count). The van der Waals surface area contributed by atoms with E-state index >= 15 is 0 Å². The van der Waals surface area contributed by atoms with Crippen LogP contribution in [0.1, 0.15) is 16.0 Å². The summed E-state index contributed by atoms with van der Waals surface area (Å²) in [6.07, 6.45) is 0.865. The molecule has 0 amide bonds. The summed E-state index contributed by atoms with van der Waals surface area (Å²) < 4.78 is 12.7. The van der Waals surface area contributed by atoms with Crippen LogP contribution in [0.25, 0.3) is 0 Å². The van der Waals surface area contributed by atoms with Gasteiger partial charge in [-0.15, -0.1) is 0 Å². The van der Waals surface area contributed by atoms with Crippen molar-refractivity contribution in [3.8, 4) is 0 Å². The van der Waals surface area contributed by atoms with Gasteiger partial charge in [0.25, 0.3) is 0 Å². The highest BCUT2D eigenvalue weighted by atomic mass is 79.9. The number of alkyl halides is 1. The van der Waals surface area contributed by atoms with Crippen molar-refractivity contribution in [3.05, 3.63) is 71.5 Å². The smallest absolute Gasteiger partial charge is 0.123 e. The van der Waals surface area contributed by atoms with Crippen molar-refractivity contribution in [2.45, 2.75) is 11.2 Å². The minimum absolute atomic E-state index is 0.186. The second-order valence-corrected chi connectivity index (χ2v) is 4.81. The molecule has 0 spiro atoms. The molecule has 0 aromatic heterocycles. The zero-order valence-electron chi connectivity index (χ0n) is 8.74. The highest BCUT2D eigenvalue weighted by Crippen LogP contribution is 2.26. The third-order valence-electron chi connectivity index (χ3n) is 2.49. The Hall–Kier alpha value is -1.15. The van der Waals surface area contributed by atoms with E-state index in [2.05, 4.69) is 28.1 Å². The van der Waals surface area contributed by atoms with Crippen LogP contribution >= 0.6 is 15.9 Å². The molecule has 1 atom stereocenters. The van der Waals surface area contributed by atoms with Gasteiger partial charge in [-0.1, -0.05) is 58.4 Å². The molecule has 16 heavy (non-hydrogen) atoms. The van der Waals surface area contributed by atoms with Gasteiger partial charge in [0.1, 0.15) is 5.82 Å². The maximum absolute atomic E-state index is 12.7. The largest absolute Gasteiger partial charge is 0.207 e.